The van der Waals surface area contributed by atoms with Gasteiger partial charge in [0, 0.05) is 12.4 Å². The van der Waals surface area contributed by atoms with Gasteiger partial charge in [0.1, 0.15) is 12.4 Å². The quantitative estimate of drug-likeness (QED) is 0.807. The Kier molecular flexibility index (Phi) is 6.91. The maximum Gasteiger partial charge on any atom is 0.327 e. The van der Waals surface area contributed by atoms with Gasteiger partial charge in [0.05, 0.1) is 6.61 Å². The summed E-state index contributed by atoms with van der Waals surface area (Å²) in [4.78, 5) is 10.9. The predicted octanol–water partition coefficient (Wildman–Crippen LogP) is 1.11. The number of nitrogen functional groups attached to an aromatic ring is 1. The van der Waals surface area contributed by atoms with Crippen LogP contribution in [0.2, 0.25) is 5.15 Å². The molecule has 0 bridgehead atoms. The number of aromatic nitrogens is 2. The van der Waals surface area contributed by atoms with Gasteiger partial charge in [-0.15, -0.1) is 10.2 Å². The number of nitrogens with one attached hydrogen (secondary N) is 1. The van der Waals surface area contributed by atoms with E-state index in [2.05, 4.69) is 15.6 Å². The number of hydrogen-bond donors (Lipinski definition) is 2. The van der Waals surface area contributed by atoms with Crippen molar-refractivity contribution in [2.45, 2.75) is 6.92 Å². The monoisotopic (exact) mass is 297 g/mol. The molecule has 0 radical (unpaired) electrons. The molecule has 20 heavy (non-hydrogen) atoms. The molecule has 0 aliphatic carbocycles. The van der Waals surface area contributed by atoms with E-state index < -0.39 is 0 Å². The van der Waals surface area contributed by atoms with Gasteiger partial charge in [-0.2, -0.15) is 0 Å². The molecule has 0 atom stereocenters. The van der Waals surface area contributed by atoms with Gasteiger partial charge in [0.15, 0.2) is 5.15 Å². The topological polar surface area (TPSA) is 93.4 Å². The first kappa shape index (κ1) is 15.8. The molecule has 8 heteroatoms. The molecule has 1 aliphatic heterocycles. The van der Waals surface area contributed by atoms with Crippen molar-refractivity contribution in [3.8, 4) is 0 Å². The van der Waals surface area contributed by atoms with E-state index in [-0.39, 0.29) is 12.5 Å². The number of halogens is 1. The Labute approximate surface area is 122 Å². The van der Waals surface area contributed by atoms with Crippen molar-refractivity contribution in [3.63, 3.8) is 0 Å². The average Bonchev–Trinajstić information content (AvgIpc) is 2.44. The molecular weight excluding hydrogens is 282 g/mol. The summed E-state index contributed by atoms with van der Waals surface area (Å²) in [7, 11) is 0. The number of ether oxygens (including phenoxy) is 1. The molecule has 0 saturated carbocycles. The van der Waals surface area contributed by atoms with Crippen molar-refractivity contribution in [1.29, 1.82) is 0 Å². The summed E-state index contributed by atoms with van der Waals surface area (Å²) in [5, 5.41) is 8.95. The minimum atomic E-state index is -0.232. The molecule has 2 rings (SSSR count). The maximum absolute atomic E-state index is 10.9. The molecule has 7 nitrogen and oxygen atoms in total. The third-order valence-electron chi connectivity index (χ3n) is 1.97. The van der Waals surface area contributed by atoms with E-state index in [0.717, 1.165) is 0 Å². The number of nitrogens with two attached hydrogens (primary N) is 1. The lowest BCUT2D eigenvalue weighted by Crippen LogP contribution is -2.35. The Hall–Kier alpha value is -2.28. The van der Waals surface area contributed by atoms with Gasteiger partial charge in [-0.1, -0.05) is 11.6 Å². The van der Waals surface area contributed by atoms with Gasteiger partial charge in [0.2, 0.25) is 0 Å². The molecule has 2 heterocycles. The van der Waals surface area contributed by atoms with Crippen molar-refractivity contribution >= 4 is 23.4 Å². The molecule has 0 fully saturated rings. The molecule has 1 aromatic heterocycles. The van der Waals surface area contributed by atoms with E-state index in [1.54, 1.807) is 36.5 Å². The van der Waals surface area contributed by atoms with Crippen LogP contribution in [0.25, 0.3) is 0 Å². The first-order chi connectivity index (χ1) is 9.61. The molecule has 108 valence electrons. The zero-order valence-corrected chi connectivity index (χ0v) is 11.7. The lowest BCUT2D eigenvalue weighted by Gasteiger charge is -2.20. The van der Waals surface area contributed by atoms with Crippen LogP contribution in [0.1, 0.15) is 6.92 Å². The van der Waals surface area contributed by atoms with Crippen molar-refractivity contribution in [1.82, 2.24) is 20.6 Å². The number of hydrazine groups is 1. The number of carbonyl (C=O) groups is 1. The highest BCUT2D eigenvalue weighted by Crippen LogP contribution is 2.01. The highest BCUT2D eigenvalue weighted by molar-refractivity contribution is 6.29. The molecule has 1 aromatic rings. The van der Waals surface area contributed by atoms with Crippen LogP contribution in [0.4, 0.5) is 5.82 Å². The average molecular weight is 298 g/mol. The fraction of sp³-hybridized carbons (Fsp3) is 0.250. The Morgan fingerprint density at radius 2 is 2.25 bits per heavy atom. The third-order valence-corrected chi connectivity index (χ3v) is 2.17. The summed E-state index contributed by atoms with van der Waals surface area (Å²) in [5.41, 5.74) is 8.07. The lowest BCUT2D eigenvalue weighted by atomic mass is 10.5. The molecule has 1 aliphatic rings. The highest BCUT2D eigenvalue weighted by atomic mass is 35.5. The zero-order chi connectivity index (χ0) is 14.8. The largest absolute Gasteiger partial charge is 0.465 e. The van der Waals surface area contributed by atoms with Crippen LogP contribution in [0.15, 0.2) is 36.7 Å². The van der Waals surface area contributed by atoms with E-state index in [1.165, 1.54) is 0 Å². The van der Waals surface area contributed by atoms with E-state index in [4.69, 9.17) is 22.1 Å². The zero-order valence-electron chi connectivity index (χ0n) is 11.0. The number of esters is 1. The fourth-order valence-corrected chi connectivity index (χ4v) is 1.26. The predicted molar refractivity (Wildman–Crippen MR) is 76.2 cm³/mol. The third kappa shape index (κ3) is 6.60. The van der Waals surface area contributed by atoms with Crippen molar-refractivity contribution in [3.05, 3.63) is 41.8 Å². The molecular formula is C12H16ClN5O2. The first-order valence-corrected chi connectivity index (χ1v) is 6.26. The van der Waals surface area contributed by atoms with Crippen molar-refractivity contribution in [2.75, 3.05) is 18.9 Å². The van der Waals surface area contributed by atoms with E-state index in [0.29, 0.717) is 17.6 Å². The normalized spacial score (nSPS) is 12.2. The van der Waals surface area contributed by atoms with Crippen molar-refractivity contribution < 1.29 is 9.53 Å². The number of nitrogens with zero attached hydrogens (tertiary/aromatic N) is 3. The van der Waals surface area contributed by atoms with Crippen LogP contribution in [-0.2, 0) is 9.53 Å². The van der Waals surface area contributed by atoms with Gasteiger partial charge in [0.25, 0.3) is 0 Å². The summed E-state index contributed by atoms with van der Waals surface area (Å²) in [6, 6.07) is 3.18. The lowest BCUT2D eigenvalue weighted by molar-refractivity contribution is -0.144. The second-order valence-corrected chi connectivity index (χ2v) is 3.93. The number of rotatable bonds is 3. The van der Waals surface area contributed by atoms with E-state index in [9.17, 15) is 4.79 Å². The van der Waals surface area contributed by atoms with Gasteiger partial charge >= 0.3 is 5.97 Å². The van der Waals surface area contributed by atoms with Crippen LogP contribution in [0.5, 0.6) is 0 Å². The van der Waals surface area contributed by atoms with Gasteiger partial charge < -0.3 is 15.9 Å². The number of carbonyl (C=O) groups excluding carboxylic acids is 1. The van der Waals surface area contributed by atoms with Crippen molar-refractivity contribution in [2.24, 2.45) is 0 Å². The van der Waals surface area contributed by atoms with Gasteiger partial charge in [-0.05, 0) is 31.2 Å². The maximum atomic E-state index is 10.9. The number of hydrogen-bond acceptors (Lipinski definition) is 7. The molecule has 0 aromatic carbocycles. The Morgan fingerprint density at radius 3 is 2.75 bits per heavy atom. The SMILES string of the molecule is CCOC(=O)CN1C=CC=CN1.Nc1ccc(Cl)nn1. The smallest absolute Gasteiger partial charge is 0.327 e. The van der Waals surface area contributed by atoms with Gasteiger partial charge in [-0.25, -0.2) is 0 Å². The summed E-state index contributed by atoms with van der Waals surface area (Å²) in [6.07, 6.45) is 7.22. The number of allylic oxidation sites excluding steroid dienone is 2. The summed E-state index contributed by atoms with van der Waals surface area (Å²) in [5.74, 6) is 0.152. The molecule has 0 unspecified atom stereocenters. The molecule has 0 amide bonds. The minimum Gasteiger partial charge on any atom is -0.465 e. The summed E-state index contributed by atoms with van der Waals surface area (Å²) >= 11 is 5.38. The highest BCUT2D eigenvalue weighted by Gasteiger charge is 2.06. The summed E-state index contributed by atoms with van der Waals surface area (Å²) in [6.45, 7) is 2.44. The Balaban J connectivity index is 0.000000217. The van der Waals surface area contributed by atoms with E-state index >= 15 is 0 Å². The van der Waals surface area contributed by atoms with Crippen LogP contribution >= 0.6 is 11.6 Å². The number of anilines is 1. The van der Waals surface area contributed by atoms with Crippen LogP contribution < -0.4 is 11.2 Å². The van der Waals surface area contributed by atoms with Gasteiger partial charge in [-0.3, -0.25) is 9.80 Å². The Bertz CT molecular complexity index is 454. The fourth-order valence-electron chi connectivity index (χ4n) is 1.16. The van der Waals surface area contributed by atoms with E-state index in [1.807, 2.05) is 12.2 Å². The van der Waals surface area contributed by atoms with Crippen LogP contribution in [-0.4, -0.2) is 34.3 Å². The molecule has 0 saturated heterocycles. The van der Waals surface area contributed by atoms with Crippen LogP contribution in [0.3, 0.4) is 0 Å². The minimum absolute atomic E-state index is 0.231. The standard InChI is InChI=1S/C8H12N2O2.C4H4ClN3/c1-2-12-8(11)7-10-6-4-3-5-9-10;5-3-1-2-4(6)8-7-3/h3-6,9H,2,7H2,1H3;1-2H,(H2,6,8). The second kappa shape index (κ2) is 8.76. The molecule has 0 spiro atoms. The molecule has 3 N–H and O–H groups in total. The second-order valence-electron chi connectivity index (χ2n) is 3.54. The van der Waals surface area contributed by atoms with Crippen LogP contribution in [0, 0.1) is 0 Å². The summed E-state index contributed by atoms with van der Waals surface area (Å²) < 4.78 is 4.77. The first-order valence-electron chi connectivity index (χ1n) is 5.88. The Morgan fingerprint density at radius 1 is 1.45 bits per heavy atom.